The molecule has 0 aliphatic rings. The number of benzene rings is 1. The summed E-state index contributed by atoms with van der Waals surface area (Å²) in [6, 6.07) is 12.5. The van der Waals surface area contributed by atoms with Gasteiger partial charge in [-0.05, 0) is 31.4 Å². The number of hydrogen-bond acceptors (Lipinski definition) is 2. The van der Waals surface area contributed by atoms with Crippen molar-refractivity contribution in [1.82, 2.24) is 10.6 Å². The van der Waals surface area contributed by atoms with Gasteiger partial charge in [-0.25, -0.2) is 0 Å². The molecule has 1 heterocycles. The summed E-state index contributed by atoms with van der Waals surface area (Å²) in [6.45, 7) is 7.71. The van der Waals surface area contributed by atoms with Gasteiger partial charge >= 0.3 is 0 Å². The van der Waals surface area contributed by atoms with Crippen molar-refractivity contribution < 1.29 is 4.42 Å². The fourth-order valence-electron chi connectivity index (χ4n) is 2.41. The van der Waals surface area contributed by atoms with Crippen LogP contribution in [0, 0.1) is 13.8 Å². The van der Waals surface area contributed by atoms with E-state index < -0.39 is 0 Å². The third kappa shape index (κ3) is 4.38. The van der Waals surface area contributed by atoms with Crippen LogP contribution in [0.5, 0.6) is 0 Å². The first-order valence-electron chi connectivity index (χ1n) is 7.65. The Hall–Kier alpha value is -2.23. The minimum absolute atomic E-state index is 0.428. The number of aryl methyl sites for hydroxylation is 2. The van der Waals surface area contributed by atoms with Gasteiger partial charge in [0.05, 0.1) is 0 Å². The van der Waals surface area contributed by atoms with Crippen LogP contribution in [0.3, 0.4) is 0 Å². The molecule has 0 spiro atoms. The van der Waals surface area contributed by atoms with Gasteiger partial charge in [0.1, 0.15) is 11.5 Å². The van der Waals surface area contributed by atoms with Gasteiger partial charge in [0, 0.05) is 25.7 Å². The summed E-state index contributed by atoms with van der Waals surface area (Å²) >= 11 is 0. The predicted molar refractivity (Wildman–Crippen MR) is 91.2 cm³/mol. The van der Waals surface area contributed by atoms with Crippen molar-refractivity contribution >= 4 is 5.96 Å². The van der Waals surface area contributed by atoms with E-state index in [9.17, 15) is 0 Å². The third-order valence-corrected chi connectivity index (χ3v) is 3.76. The zero-order valence-corrected chi connectivity index (χ0v) is 13.8. The summed E-state index contributed by atoms with van der Waals surface area (Å²) in [6.07, 6.45) is 0. The summed E-state index contributed by atoms with van der Waals surface area (Å²) in [7, 11) is 1.79. The zero-order valence-electron chi connectivity index (χ0n) is 13.8. The first kappa shape index (κ1) is 16.1. The monoisotopic (exact) mass is 299 g/mol. The standard InChI is InChI=1S/C18H25N3O/c1-13(16-8-6-5-7-9-16)11-20-18(19-4)21-12-17-10-14(2)22-15(17)3/h5-10,13H,11-12H2,1-4H3,(H2,19,20,21). The fourth-order valence-corrected chi connectivity index (χ4v) is 2.41. The second-order valence-electron chi connectivity index (χ2n) is 5.56. The largest absolute Gasteiger partial charge is 0.466 e. The molecule has 2 rings (SSSR count). The van der Waals surface area contributed by atoms with Crippen LogP contribution in [-0.2, 0) is 6.54 Å². The first-order chi connectivity index (χ1) is 10.6. The Bertz CT molecular complexity index is 617. The van der Waals surface area contributed by atoms with Crippen LogP contribution in [-0.4, -0.2) is 19.6 Å². The SMILES string of the molecule is CN=C(NCc1cc(C)oc1C)NCC(C)c1ccccc1. The minimum Gasteiger partial charge on any atom is -0.466 e. The normalized spacial score (nSPS) is 13.0. The lowest BCUT2D eigenvalue weighted by Crippen LogP contribution is -2.38. The van der Waals surface area contributed by atoms with Gasteiger partial charge in [0.15, 0.2) is 5.96 Å². The lowest BCUT2D eigenvalue weighted by molar-refractivity contribution is 0.500. The number of nitrogens with one attached hydrogen (secondary N) is 2. The van der Waals surface area contributed by atoms with Crippen LogP contribution >= 0.6 is 0 Å². The van der Waals surface area contributed by atoms with Crippen molar-refractivity contribution in [2.45, 2.75) is 33.2 Å². The van der Waals surface area contributed by atoms with Crippen molar-refractivity contribution in [3.8, 4) is 0 Å². The van der Waals surface area contributed by atoms with Crippen LogP contribution in [0.25, 0.3) is 0 Å². The van der Waals surface area contributed by atoms with E-state index in [1.165, 1.54) is 5.56 Å². The molecule has 2 aromatic rings. The molecule has 1 aromatic heterocycles. The highest BCUT2D eigenvalue weighted by Crippen LogP contribution is 2.14. The molecule has 1 unspecified atom stereocenters. The van der Waals surface area contributed by atoms with E-state index in [4.69, 9.17) is 4.42 Å². The Morgan fingerprint density at radius 3 is 2.50 bits per heavy atom. The Morgan fingerprint density at radius 2 is 1.91 bits per heavy atom. The van der Waals surface area contributed by atoms with Crippen LogP contribution in [0.15, 0.2) is 45.8 Å². The van der Waals surface area contributed by atoms with Gasteiger partial charge in [0.2, 0.25) is 0 Å². The smallest absolute Gasteiger partial charge is 0.191 e. The number of furan rings is 1. The van der Waals surface area contributed by atoms with Crippen LogP contribution in [0.4, 0.5) is 0 Å². The Labute approximate surface area is 132 Å². The van der Waals surface area contributed by atoms with E-state index in [1.54, 1.807) is 7.05 Å². The van der Waals surface area contributed by atoms with Gasteiger partial charge in [-0.15, -0.1) is 0 Å². The Balaban J connectivity index is 1.84. The summed E-state index contributed by atoms with van der Waals surface area (Å²) < 4.78 is 5.54. The zero-order chi connectivity index (χ0) is 15.9. The topological polar surface area (TPSA) is 49.6 Å². The van der Waals surface area contributed by atoms with Crippen LogP contribution in [0.2, 0.25) is 0 Å². The van der Waals surface area contributed by atoms with Crippen molar-refractivity contribution in [2.75, 3.05) is 13.6 Å². The van der Waals surface area contributed by atoms with Crippen molar-refractivity contribution in [1.29, 1.82) is 0 Å². The van der Waals surface area contributed by atoms with Gasteiger partial charge in [0.25, 0.3) is 0 Å². The molecular weight excluding hydrogens is 274 g/mol. The molecule has 22 heavy (non-hydrogen) atoms. The lowest BCUT2D eigenvalue weighted by Gasteiger charge is -2.16. The van der Waals surface area contributed by atoms with E-state index in [0.29, 0.717) is 12.5 Å². The molecule has 0 aliphatic carbocycles. The number of rotatable bonds is 5. The molecule has 0 bridgehead atoms. The molecule has 0 radical (unpaired) electrons. The molecule has 4 nitrogen and oxygen atoms in total. The highest BCUT2D eigenvalue weighted by Gasteiger charge is 2.08. The van der Waals surface area contributed by atoms with Crippen LogP contribution < -0.4 is 10.6 Å². The van der Waals surface area contributed by atoms with Crippen molar-refractivity contribution in [3.05, 3.63) is 59.0 Å². The van der Waals surface area contributed by atoms with Crippen LogP contribution in [0.1, 0.15) is 35.5 Å². The second kappa shape index (κ2) is 7.69. The van der Waals surface area contributed by atoms with Gasteiger partial charge < -0.3 is 15.1 Å². The fraction of sp³-hybridized carbons (Fsp3) is 0.389. The van der Waals surface area contributed by atoms with E-state index in [2.05, 4.69) is 52.9 Å². The highest BCUT2D eigenvalue weighted by atomic mass is 16.3. The molecular formula is C18H25N3O. The maximum Gasteiger partial charge on any atom is 0.191 e. The number of nitrogens with zero attached hydrogens (tertiary/aromatic N) is 1. The molecule has 0 fully saturated rings. The van der Waals surface area contributed by atoms with E-state index in [1.807, 2.05) is 19.9 Å². The number of aliphatic imine (C=N–C) groups is 1. The average Bonchev–Trinajstić information content (AvgIpc) is 2.86. The summed E-state index contributed by atoms with van der Waals surface area (Å²) in [4.78, 5) is 4.27. The maximum absolute atomic E-state index is 5.54. The summed E-state index contributed by atoms with van der Waals surface area (Å²) in [5, 5.41) is 6.70. The molecule has 1 atom stereocenters. The average molecular weight is 299 g/mol. The maximum atomic E-state index is 5.54. The Kier molecular flexibility index (Phi) is 5.64. The molecule has 0 amide bonds. The van der Waals surface area contributed by atoms with Gasteiger partial charge in [-0.2, -0.15) is 0 Å². The van der Waals surface area contributed by atoms with Crippen molar-refractivity contribution in [3.63, 3.8) is 0 Å². The molecule has 4 heteroatoms. The minimum atomic E-state index is 0.428. The molecule has 2 N–H and O–H groups in total. The van der Waals surface area contributed by atoms with E-state index in [0.717, 1.165) is 29.6 Å². The molecule has 118 valence electrons. The van der Waals surface area contributed by atoms with Crippen molar-refractivity contribution in [2.24, 2.45) is 4.99 Å². The van der Waals surface area contributed by atoms with Gasteiger partial charge in [-0.1, -0.05) is 37.3 Å². The predicted octanol–water partition coefficient (Wildman–Crippen LogP) is 3.37. The Morgan fingerprint density at radius 1 is 1.18 bits per heavy atom. The molecule has 0 saturated heterocycles. The van der Waals surface area contributed by atoms with Gasteiger partial charge in [-0.3, -0.25) is 4.99 Å². The molecule has 0 aliphatic heterocycles. The third-order valence-electron chi connectivity index (χ3n) is 3.76. The quantitative estimate of drug-likeness (QED) is 0.657. The molecule has 0 saturated carbocycles. The molecule has 1 aromatic carbocycles. The highest BCUT2D eigenvalue weighted by molar-refractivity contribution is 5.79. The van der Waals surface area contributed by atoms with E-state index >= 15 is 0 Å². The van der Waals surface area contributed by atoms with E-state index in [-0.39, 0.29) is 0 Å². The summed E-state index contributed by atoms with van der Waals surface area (Å²) in [5.74, 6) is 3.13. The number of hydrogen-bond donors (Lipinski definition) is 2. The lowest BCUT2D eigenvalue weighted by atomic mass is 10.0. The number of guanidine groups is 1. The second-order valence-corrected chi connectivity index (χ2v) is 5.56. The first-order valence-corrected chi connectivity index (χ1v) is 7.65. The summed E-state index contributed by atoms with van der Waals surface area (Å²) in [5.41, 5.74) is 2.49.